The zero-order chi connectivity index (χ0) is 13.8. The summed E-state index contributed by atoms with van der Waals surface area (Å²) < 4.78 is 0. The van der Waals surface area contributed by atoms with Gasteiger partial charge in [-0.2, -0.15) is 0 Å². The number of carboxylic acid groups (broad SMARTS) is 1. The molecule has 0 aliphatic carbocycles. The van der Waals surface area contributed by atoms with Gasteiger partial charge in [0.1, 0.15) is 0 Å². The van der Waals surface area contributed by atoms with E-state index in [1.165, 1.54) is 0 Å². The Kier molecular flexibility index (Phi) is 4.34. The molecule has 5 nitrogen and oxygen atoms in total. The van der Waals surface area contributed by atoms with E-state index in [0.29, 0.717) is 0 Å². The van der Waals surface area contributed by atoms with Gasteiger partial charge < -0.3 is 5.11 Å². The quantitative estimate of drug-likeness (QED) is 0.498. The smallest absolute Gasteiger partial charge is 0.304 e. The zero-order valence-electron chi connectivity index (χ0n) is 10.8. The fraction of sp³-hybridized carbons (Fsp3) is 0.462. The predicted octanol–water partition coefficient (Wildman–Crippen LogP) is 3.81. The summed E-state index contributed by atoms with van der Waals surface area (Å²) in [7, 11) is 0. The van der Waals surface area contributed by atoms with E-state index >= 15 is 0 Å². The van der Waals surface area contributed by atoms with Gasteiger partial charge in [-0.25, -0.2) is 0 Å². The van der Waals surface area contributed by atoms with Gasteiger partial charge in [0.25, 0.3) is 0 Å². The maximum absolute atomic E-state index is 10.7. The molecule has 0 spiro atoms. The Labute approximate surface area is 106 Å². The first kappa shape index (κ1) is 14.1. The number of benzene rings is 1. The number of hydrogen-bond donors (Lipinski definition) is 1. The fourth-order valence-corrected chi connectivity index (χ4v) is 1.66. The minimum atomic E-state index is -0.979. The van der Waals surface area contributed by atoms with E-state index < -0.39 is 12.0 Å². The summed E-state index contributed by atoms with van der Waals surface area (Å²) in [4.78, 5) is 13.4. The van der Waals surface area contributed by atoms with E-state index in [2.05, 4.69) is 30.8 Å². The normalized spacial score (nSPS) is 12.6. The summed E-state index contributed by atoms with van der Waals surface area (Å²) in [6.07, 6.45) is -0.196. The lowest BCUT2D eigenvalue weighted by molar-refractivity contribution is -0.137. The Hall–Kier alpha value is -2.00. The number of carboxylic acids is 1. The van der Waals surface area contributed by atoms with Crippen LogP contribution in [0.5, 0.6) is 0 Å². The number of rotatable bonds is 4. The molecule has 0 aliphatic rings. The van der Waals surface area contributed by atoms with Gasteiger partial charge in [0.2, 0.25) is 0 Å². The van der Waals surface area contributed by atoms with Crippen LogP contribution in [0.15, 0.2) is 29.4 Å². The zero-order valence-corrected chi connectivity index (χ0v) is 10.8. The highest BCUT2D eigenvalue weighted by atomic mass is 16.4. The Balaban J connectivity index is 3.00. The van der Waals surface area contributed by atoms with Gasteiger partial charge in [0.15, 0.2) is 0 Å². The average molecular weight is 247 g/mol. The Morgan fingerprint density at radius 3 is 2.33 bits per heavy atom. The molecule has 5 heteroatoms. The highest BCUT2D eigenvalue weighted by Gasteiger charge is 2.16. The number of carbonyl (C=O) groups is 1. The molecule has 0 aliphatic heterocycles. The van der Waals surface area contributed by atoms with Gasteiger partial charge in [-0.1, -0.05) is 50.2 Å². The summed E-state index contributed by atoms with van der Waals surface area (Å²) in [5.74, 6) is -0.979. The van der Waals surface area contributed by atoms with Crippen molar-refractivity contribution in [2.75, 3.05) is 0 Å². The van der Waals surface area contributed by atoms with Crippen molar-refractivity contribution in [1.29, 1.82) is 0 Å². The van der Waals surface area contributed by atoms with E-state index in [4.69, 9.17) is 10.6 Å². The third-order valence-electron chi connectivity index (χ3n) is 2.72. The second-order valence-electron chi connectivity index (χ2n) is 5.19. The minimum Gasteiger partial charge on any atom is -0.481 e. The van der Waals surface area contributed by atoms with Gasteiger partial charge in [-0.3, -0.25) is 4.79 Å². The van der Waals surface area contributed by atoms with Crippen LogP contribution in [0, 0.1) is 0 Å². The summed E-state index contributed by atoms with van der Waals surface area (Å²) in [5.41, 5.74) is 10.4. The van der Waals surface area contributed by atoms with E-state index in [1.807, 2.05) is 24.3 Å². The van der Waals surface area contributed by atoms with Crippen LogP contribution < -0.4 is 0 Å². The molecule has 1 N–H and O–H groups in total. The Morgan fingerprint density at radius 1 is 1.39 bits per heavy atom. The van der Waals surface area contributed by atoms with Crippen LogP contribution in [0.1, 0.15) is 44.4 Å². The second-order valence-corrected chi connectivity index (χ2v) is 5.19. The standard InChI is InChI=1S/C13H17N3O2/c1-13(2,3)10-6-4-9(5-7-10)11(15-16-14)8-12(17)18/h4-7,11H,8H2,1-3H3,(H,17,18). The predicted molar refractivity (Wildman–Crippen MR) is 69.3 cm³/mol. The van der Waals surface area contributed by atoms with Crippen LogP contribution in [-0.4, -0.2) is 11.1 Å². The highest BCUT2D eigenvalue weighted by molar-refractivity contribution is 5.68. The van der Waals surface area contributed by atoms with Crippen LogP contribution in [0.2, 0.25) is 0 Å². The first-order valence-corrected chi connectivity index (χ1v) is 5.71. The molecular weight excluding hydrogens is 230 g/mol. The van der Waals surface area contributed by atoms with Crippen molar-refractivity contribution in [2.24, 2.45) is 5.11 Å². The molecule has 0 aromatic heterocycles. The lowest BCUT2D eigenvalue weighted by atomic mass is 9.86. The van der Waals surface area contributed by atoms with Gasteiger partial charge >= 0.3 is 5.97 Å². The van der Waals surface area contributed by atoms with E-state index in [-0.39, 0.29) is 11.8 Å². The third kappa shape index (κ3) is 3.79. The topological polar surface area (TPSA) is 86.1 Å². The fourth-order valence-electron chi connectivity index (χ4n) is 1.66. The molecule has 0 saturated heterocycles. The van der Waals surface area contributed by atoms with Crippen molar-refractivity contribution in [3.63, 3.8) is 0 Å². The summed E-state index contributed by atoms with van der Waals surface area (Å²) in [6.45, 7) is 6.30. The van der Waals surface area contributed by atoms with Crippen LogP contribution in [0.4, 0.5) is 0 Å². The van der Waals surface area contributed by atoms with Crippen molar-refractivity contribution < 1.29 is 9.90 Å². The van der Waals surface area contributed by atoms with Gasteiger partial charge in [0, 0.05) is 4.91 Å². The molecule has 1 unspecified atom stereocenters. The van der Waals surface area contributed by atoms with Crippen LogP contribution in [0.25, 0.3) is 10.4 Å². The SMILES string of the molecule is CC(C)(C)c1ccc(C(CC(=O)O)N=[N+]=[N-])cc1. The van der Waals surface area contributed by atoms with Crippen LogP contribution in [0.3, 0.4) is 0 Å². The van der Waals surface area contributed by atoms with E-state index in [9.17, 15) is 4.79 Å². The minimum absolute atomic E-state index is 0.0410. The largest absolute Gasteiger partial charge is 0.481 e. The molecule has 96 valence electrons. The summed E-state index contributed by atoms with van der Waals surface area (Å²) >= 11 is 0. The summed E-state index contributed by atoms with van der Waals surface area (Å²) in [6, 6.07) is 6.88. The Morgan fingerprint density at radius 2 is 1.94 bits per heavy atom. The molecule has 1 atom stereocenters. The number of aliphatic carboxylic acids is 1. The lowest BCUT2D eigenvalue weighted by Crippen LogP contribution is -2.11. The van der Waals surface area contributed by atoms with E-state index in [0.717, 1.165) is 11.1 Å². The van der Waals surface area contributed by atoms with Crippen molar-refractivity contribution in [3.05, 3.63) is 45.8 Å². The molecule has 0 fully saturated rings. The van der Waals surface area contributed by atoms with Crippen molar-refractivity contribution >= 4 is 5.97 Å². The van der Waals surface area contributed by atoms with Gasteiger partial charge in [0.05, 0.1) is 12.5 Å². The van der Waals surface area contributed by atoms with Crippen molar-refractivity contribution in [1.82, 2.24) is 0 Å². The molecule has 0 radical (unpaired) electrons. The van der Waals surface area contributed by atoms with Crippen LogP contribution >= 0.6 is 0 Å². The van der Waals surface area contributed by atoms with Crippen molar-refractivity contribution in [2.45, 2.75) is 38.6 Å². The molecule has 0 saturated carbocycles. The maximum atomic E-state index is 10.7. The number of azide groups is 1. The monoisotopic (exact) mass is 247 g/mol. The highest BCUT2D eigenvalue weighted by Crippen LogP contribution is 2.26. The van der Waals surface area contributed by atoms with Gasteiger partial charge in [-0.05, 0) is 22.1 Å². The molecule has 0 bridgehead atoms. The molecule has 1 aromatic rings. The average Bonchev–Trinajstić information content (AvgIpc) is 2.27. The maximum Gasteiger partial charge on any atom is 0.304 e. The first-order chi connectivity index (χ1) is 8.34. The summed E-state index contributed by atoms with van der Waals surface area (Å²) in [5, 5.41) is 12.3. The third-order valence-corrected chi connectivity index (χ3v) is 2.72. The molecule has 1 rings (SSSR count). The first-order valence-electron chi connectivity index (χ1n) is 5.71. The molecule has 0 amide bonds. The Bertz CT molecular complexity index is 468. The van der Waals surface area contributed by atoms with E-state index in [1.54, 1.807) is 0 Å². The second kappa shape index (κ2) is 5.56. The molecule has 18 heavy (non-hydrogen) atoms. The van der Waals surface area contributed by atoms with Gasteiger partial charge in [-0.15, -0.1) is 0 Å². The number of hydrogen-bond acceptors (Lipinski definition) is 2. The molecule has 0 heterocycles. The van der Waals surface area contributed by atoms with Crippen molar-refractivity contribution in [3.8, 4) is 0 Å². The lowest BCUT2D eigenvalue weighted by Gasteiger charge is -2.19. The van der Waals surface area contributed by atoms with Crippen LogP contribution in [-0.2, 0) is 10.2 Å². The molecular formula is C13H17N3O2. The molecule has 1 aromatic carbocycles. The number of nitrogens with zero attached hydrogens (tertiary/aromatic N) is 3.